The molecule has 0 N–H and O–H groups in total. The minimum absolute atomic E-state index is 0.0470. The summed E-state index contributed by atoms with van der Waals surface area (Å²) in [5, 5.41) is 9.19. The molecule has 0 aliphatic heterocycles. The molecule has 0 saturated heterocycles. The molecule has 33 heavy (non-hydrogen) atoms. The van der Waals surface area contributed by atoms with Crippen LogP contribution in [-0.2, 0) is 18.9 Å². The third-order valence-corrected chi connectivity index (χ3v) is 11.0. The lowest BCUT2D eigenvalue weighted by Gasteiger charge is -2.63. The maximum absolute atomic E-state index is 9.19. The van der Waals surface area contributed by atoms with Crippen molar-refractivity contribution < 1.29 is 18.9 Å². The molecule has 0 amide bonds. The number of nitriles is 1. The lowest BCUT2D eigenvalue weighted by molar-refractivity contribution is -0.498. The minimum Gasteiger partial charge on any atom is -0.307 e. The van der Waals surface area contributed by atoms with Gasteiger partial charge in [0.2, 0.25) is 0 Å². The maximum atomic E-state index is 9.19. The van der Waals surface area contributed by atoms with Crippen molar-refractivity contribution in [2.45, 2.75) is 104 Å². The van der Waals surface area contributed by atoms with E-state index in [2.05, 4.69) is 26.8 Å². The molecule has 4 rings (SSSR count). The Balaban J connectivity index is 1.71. The Morgan fingerprint density at radius 1 is 0.970 bits per heavy atom. The van der Waals surface area contributed by atoms with Crippen molar-refractivity contribution in [3.8, 4) is 6.07 Å². The molecule has 9 atom stereocenters. The summed E-state index contributed by atoms with van der Waals surface area (Å²) < 4.78 is 23.7. The fourth-order valence-electron chi connectivity index (χ4n) is 9.54. The first-order valence-electron chi connectivity index (χ1n) is 13.5. The quantitative estimate of drug-likeness (QED) is 0.385. The summed E-state index contributed by atoms with van der Waals surface area (Å²) in [5.74, 6) is 3.96. The average molecular weight is 462 g/mol. The van der Waals surface area contributed by atoms with E-state index in [9.17, 15) is 5.26 Å². The molecule has 0 bridgehead atoms. The Morgan fingerprint density at radius 2 is 1.70 bits per heavy atom. The summed E-state index contributed by atoms with van der Waals surface area (Å²) in [6.45, 7) is 7.48. The summed E-state index contributed by atoms with van der Waals surface area (Å²) in [4.78, 5) is 0. The highest BCUT2D eigenvalue weighted by Crippen LogP contribution is 2.69. The molecule has 4 saturated carbocycles. The number of rotatable bonds is 8. The van der Waals surface area contributed by atoms with Gasteiger partial charge >= 0.3 is 6.16 Å². The van der Waals surface area contributed by atoms with Crippen LogP contribution in [0.3, 0.4) is 0 Å². The fourth-order valence-corrected chi connectivity index (χ4v) is 9.54. The first-order chi connectivity index (χ1) is 15.8. The third-order valence-electron chi connectivity index (χ3n) is 11.0. The van der Waals surface area contributed by atoms with Crippen LogP contribution < -0.4 is 0 Å². The van der Waals surface area contributed by atoms with E-state index in [-0.39, 0.29) is 11.5 Å². The van der Waals surface area contributed by atoms with Gasteiger partial charge in [-0.15, -0.1) is 0 Å². The number of nitrogens with zero attached hydrogens (tertiary/aromatic N) is 1. The van der Waals surface area contributed by atoms with Gasteiger partial charge in [0.05, 0.1) is 12.2 Å². The smallest absolute Gasteiger partial charge is 0.307 e. The van der Waals surface area contributed by atoms with Crippen LogP contribution >= 0.6 is 0 Å². The molecule has 4 aliphatic carbocycles. The van der Waals surface area contributed by atoms with Crippen molar-refractivity contribution in [3.05, 3.63) is 0 Å². The van der Waals surface area contributed by atoms with Crippen LogP contribution in [0.5, 0.6) is 0 Å². The molecule has 0 radical (unpaired) electrons. The van der Waals surface area contributed by atoms with Crippen LogP contribution in [0.15, 0.2) is 0 Å². The second-order valence-corrected chi connectivity index (χ2v) is 12.2. The molecule has 188 valence electrons. The van der Waals surface area contributed by atoms with Gasteiger partial charge in [-0.3, -0.25) is 4.74 Å². The molecule has 0 aromatic heterocycles. The van der Waals surface area contributed by atoms with Crippen molar-refractivity contribution in [1.82, 2.24) is 0 Å². The second kappa shape index (κ2) is 9.76. The summed E-state index contributed by atoms with van der Waals surface area (Å²) >= 11 is 0. The van der Waals surface area contributed by atoms with Crippen LogP contribution in [-0.4, -0.2) is 33.6 Å². The largest absolute Gasteiger partial charge is 0.412 e. The van der Waals surface area contributed by atoms with Crippen LogP contribution in [0.1, 0.15) is 91.4 Å². The Kier molecular flexibility index (Phi) is 7.52. The van der Waals surface area contributed by atoms with Gasteiger partial charge in [0.25, 0.3) is 0 Å². The SMILES string of the molecule is COC(OC)(OC)O[C@H]1C[C@]2(C)[C@@H]([C@H](C)CCC#N)CC[C@H]2[C@@H]2CC[C@@H]3CCCC[C@]3(C)[C@H]21. The van der Waals surface area contributed by atoms with Gasteiger partial charge in [-0.25, -0.2) is 0 Å². The fraction of sp³-hybridized carbons (Fsp3) is 0.964. The van der Waals surface area contributed by atoms with Gasteiger partial charge in [0.1, 0.15) is 0 Å². The first kappa shape index (κ1) is 25.4. The van der Waals surface area contributed by atoms with E-state index in [1.165, 1.54) is 51.4 Å². The maximum Gasteiger partial charge on any atom is 0.412 e. The van der Waals surface area contributed by atoms with Crippen molar-refractivity contribution >= 4 is 0 Å². The highest BCUT2D eigenvalue weighted by atomic mass is 17.0. The zero-order valence-electron chi connectivity index (χ0n) is 21.9. The van der Waals surface area contributed by atoms with Crippen molar-refractivity contribution in [2.75, 3.05) is 21.3 Å². The van der Waals surface area contributed by atoms with Gasteiger partial charge < -0.3 is 14.2 Å². The highest BCUT2D eigenvalue weighted by Gasteiger charge is 2.64. The highest BCUT2D eigenvalue weighted by molar-refractivity contribution is 5.12. The van der Waals surface area contributed by atoms with Crippen LogP contribution in [0.25, 0.3) is 0 Å². The molecule has 0 spiro atoms. The first-order valence-corrected chi connectivity index (χ1v) is 13.5. The molecule has 0 aromatic carbocycles. The summed E-state index contributed by atoms with van der Waals surface area (Å²) in [6, 6.07) is 2.38. The zero-order valence-corrected chi connectivity index (χ0v) is 21.9. The topological polar surface area (TPSA) is 60.7 Å². The molecule has 5 nitrogen and oxygen atoms in total. The molecule has 0 unspecified atom stereocenters. The Morgan fingerprint density at radius 3 is 2.36 bits per heavy atom. The molecule has 4 aliphatic rings. The van der Waals surface area contributed by atoms with Gasteiger partial charge in [-0.1, -0.05) is 33.6 Å². The van der Waals surface area contributed by atoms with Crippen LogP contribution in [0, 0.1) is 57.7 Å². The average Bonchev–Trinajstić information content (AvgIpc) is 3.17. The van der Waals surface area contributed by atoms with Gasteiger partial charge in [-0.2, -0.15) is 5.26 Å². The lowest BCUT2D eigenvalue weighted by Crippen LogP contribution is -2.61. The van der Waals surface area contributed by atoms with E-state index < -0.39 is 6.16 Å². The van der Waals surface area contributed by atoms with Crippen molar-refractivity contribution in [3.63, 3.8) is 0 Å². The predicted molar refractivity (Wildman–Crippen MR) is 128 cm³/mol. The van der Waals surface area contributed by atoms with E-state index in [1.807, 2.05) is 0 Å². The summed E-state index contributed by atoms with van der Waals surface area (Å²) in [6.07, 6.45) is 12.0. The molecule has 0 aromatic rings. The molecule has 4 fully saturated rings. The Bertz CT molecular complexity index is 709. The van der Waals surface area contributed by atoms with E-state index >= 15 is 0 Å². The monoisotopic (exact) mass is 461 g/mol. The van der Waals surface area contributed by atoms with Crippen molar-refractivity contribution in [1.29, 1.82) is 5.26 Å². The molecule has 0 heterocycles. The van der Waals surface area contributed by atoms with E-state index in [0.717, 1.165) is 24.7 Å². The number of ether oxygens (including phenoxy) is 4. The number of hydrogen-bond acceptors (Lipinski definition) is 5. The van der Waals surface area contributed by atoms with Crippen molar-refractivity contribution in [2.24, 2.45) is 46.3 Å². The normalized spacial score (nSPS) is 43.8. The number of methoxy groups -OCH3 is 3. The minimum atomic E-state index is -1.45. The Hall–Kier alpha value is -0.670. The van der Waals surface area contributed by atoms with Gasteiger partial charge in [0, 0.05) is 27.8 Å². The zero-order chi connectivity index (χ0) is 23.9. The number of hydrogen-bond donors (Lipinski definition) is 0. The van der Waals surface area contributed by atoms with E-state index in [1.54, 1.807) is 21.3 Å². The van der Waals surface area contributed by atoms with Gasteiger partial charge in [-0.05, 0) is 97.7 Å². The molecule has 5 heteroatoms. The molecular weight excluding hydrogens is 414 g/mol. The van der Waals surface area contributed by atoms with E-state index in [0.29, 0.717) is 35.5 Å². The summed E-state index contributed by atoms with van der Waals surface area (Å²) in [7, 11) is 4.81. The summed E-state index contributed by atoms with van der Waals surface area (Å²) in [5.41, 5.74) is 0.540. The number of fused-ring (bicyclic) bond motifs is 5. The lowest BCUT2D eigenvalue weighted by atomic mass is 9.43. The van der Waals surface area contributed by atoms with Crippen LogP contribution in [0.2, 0.25) is 0 Å². The molecular formula is C28H47NO4. The predicted octanol–water partition coefficient (Wildman–Crippen LogP) is 6.52. The van der Waals surface area contributed by atoms with E-state index in [4.69, 9.17) is 18.9 Å². The van der Waals surface area contributed by atoms with Gasteiger partial charge in [0.15, 0.2) is 0 Å². The third kappa shape index (κ3) is 4.18. The second-order valence-electron chi connectivity index (χ2n) is 12.2. The standard InChI is InChI=1S/C28H47NO4/c1-19(10-9-17-29)22-14-15-23-21-13-12-20-11-7-8-16-26(20,2)25(21)24(18-27(22,23)3)33-28(30-4,31-5)32-6/h19-25H,7-16,18H2,1-6H3/t19-,20+,21+,22-,23+,24+,25-,26+,27-/m1/s1. The Labute approximate surface area is 201 Å². The van der Waals surface area contributed by atoms with Crippen LogP contribution in [0.4, 0.5) is 0 Å².